The van der Waals surface area contributed by atoms with Gasteiger partial charge in [0.1, 0.15) is 5.92 Å². The van der Waals surface area contributed by atoms with Crippen molar-refractivity contribution >= 4 is 5.91 Å². The summed E-state index contributed by atoms with van der Waals surface area (Å²) in [5.41, 5.74) is 0.897. The number of hydrogen-bond acceptors (Lipinski definition) is 2. The highest BCUT2D eigenvalue weighted by Crippen LogP contribution is 2.25. The topological polar surface area (TPSA) is 42.0 Å². The molecule has 2 rings (SSSR count). The lowest BCUT2D eigenvalue weighted by Crippen LogP contribution is -2.31. The second kappa shape index (κ2) is 9.11. The summed E-state index contributed by atoms with van der Waals surface area (Å²) < 4.78 is 26.8. The van der Waals surface area contributed by atoms with E-state index in [0.29, 0.717) is 17.8 Å². The van der Waals surface area contributed by atoms with Crippen LogP contribution in [-0.2, 0) is 4.79 Å². The molecule has 2 aromatic rings. The van der Waals surface area contributed by atoms with Gasteiger partial charge in [-0.2, -0.15) is 0 Å². The number of hydrogen-bond donors (Lipinski definition) is 1. The van der Waals surface area contributed by atoms with Gasteiger partial charge in [0, 0.05) is 12.7 Å². The van der Waals surface area contributed by atoms with Crippen LogP contribution in [0.3, 0.4) is 0 Å². The van der Waals surface area contributed by atoms with E-state index in [-0.39, 0.29) is 5.91 Å². The predicted octanol–water partition coefficient (Wildman–Crippen LogP) is 4.19. The zero-order valence-electron chi connectivity index (χ0n) is 13.8. The molecular weight excluding hydrogens is 310 g/mol. The Balaban J connectivity index is 2.17. The average molecular weight is 332 g/mol. The molecule has 1 aromatic heterocycles. The molecule has 1 aromatic carbocycles. The zero-order valence-corrected chi connectivity index (χ0v) is 13.8. The number of carbonyl (C=O) groups excluding carboxylic acids is 1. The Morgan fingerprint density at radius 1 is 1.12 bits per heavy atom. The van der Waals surface area contributed by atoms with E-state index < -0.39 is 17.6 Å². The Bertz CT molecular complexity index is 662. The molecule has 1 heterocycles. The number of nitrogens with zero attached hydrogens (tertiary/aromatic N) is 1. The molecule has 0 saturated heterocycles. The Morgan fingerprint density at radius 2 is 1.96 bits per heavy atom. The van der Waals surface area contributed by atoms with Crippen LogP contribution in [0.2, 0.25) is 0 Å². The van der Waals surface area contributed by atoms with E-state index in [1.807, 2.05) is 0 Å². The SMILES string of the molecule is CCCCCCNC(=O)[C@@H](c1ccc(F)c(F)c1)c1ccccn1. The minimum absolute atomic E-state index is 0.254. The molecule has 0 spiro atoms. The maximum atomic E-state index is 13.6. The van der Waals surface area contributed by atoms with E-state index in [2.05, 4.69) is 17.2 Å². The van der Waals surface area contributed by atoms with Crippen LogP contribution in [0.4, 0.5) is 8.78 Å². The standard InChI is InChI=1S/C19H22F2N2O/c1-2-3-4-6-12-23-19(24)18(17-8-5-7-11-22-17)14-9-10-15(20)16(21)13-14/h5,7-11,13,18H,2-4,6,12H2,1H3,(H,23,24)/t18-/m0/s1. The van der Waals surface area contributed by atoms with Crippen LogP contribution in [0.15, 0.2) is 42.6 Å². The Morgan fingerprint density at radius 3 is 2.62 bits per heavy atom. The third kappa shape index (κ3) is 4.85. The van der Waals surface area contributed by atoms with Crippen molar-refractivity contribution in [2.24, 2.45) is 0 Å². The van der Waals surface area contributed by atoms with Gasteiger partial charge in [-0.25, -0.2) is 8.78 Å². The van der Waals surface area contributed by atoms with Gasteiger partial charge in [0.05, 0.1) is 5.69 Å². The highest BCUT2D eigenvalue weighted by molar-refractivity contribution is 5.86. The van der Waals surface area contributed by atoms with Crippen molar-refractivity contribution in [1.82, 2.24) is 10.3 Å². The van der Waals surface area contributed by atoms with Gasteiger partial charge in [-0.3, -0.25) is 9.78 Å². The van der Waals surface area contributed by atoms with Crippen LogP contribution in [0.25, 0.3) is 0 Å². The van der Waals surface area contributed by atoms with Crippen LogP contribution >= 0.6 is 0 Å². The zero-order chi connectivity index (χ0) is 17.4. The molecule has 1 atom stereocenters. The molecule has 0 bridgehead atoms. The maximum absolute atomic E-state index is 13.6. The van der Waals surface area contributed by atoms with Gasteiger partial charge >= 0.3 is 0 Å². The number of unbranched alkanes of at least 4 members (excludes halogenated alkanes) is 3. The lowest BCUT2D eigenvalue weighted by molar-refractivity contribution is -0.121. The van der Waals surface area contributed by atoms with Crippen molar-refractivity contribution in [3.8, 4) is 0 Å². The van der Waals surface area contributed by atoms with Gasteiger partial charge in [-0.15, -0.1) is 0 Å². The number of amides is 1. The molecule has 3 nitrogen and oxygen atoms in total. The second-order valence-corrected chi connectivity index (χ2v) is 5.71. The van der Waals surface area contributed by atoms with Crippen LogP contribution in [0.1, 0.15) is 49.8 Å². The van der Waals surface area contributed by atoms with Crippen molar-refractivity contribution in [2.75, 3.05) is 6.54 Å². The maximum Gasteiger partial charge on any atom is 0.233 e. The van der Waals surface area contributed by atoms with Gasteiger partial charge in [0.15, 0.2) is 11.6 Å². The first kappa shape index (κ1) is 18.0. The Labute approximate surface area is 141 Å². The van der Waals surface area contributed by atoms with Crippen molar-refractivity contribution in [2.45, 2.75) is 38.5 Å². The number of aromatic nitrogens is 1. The van der Waals surface area contributed by atoms with E-state index in [0.717, 1.165) is 37.8 Å². The normalized spacial score (nSPS) is 12.0. The molecule has 0 aliphatic rings. The molecule has 24 heavy (non-hydrogen) atoms. The van der Waals surface area contributed by atoms with E-state index in [1.54, 1.807) is 24.4 Å². The van der Waals surface area contributed by atoms with Crippen LogP contribution < -0.4 is 5.32 Å². The monoisotopic (exact) mass is 332 g/mol. The van der Waals surface area contributed by atoms with E-state index in [9.17, 15) is 13.6 Å². The molecule has 0 aliphatic carbocycles. The average Bonchev–Trinajstić information content (AvgIpc) is 2.59. The summed E-state index contributed by atoms with van der Waals surface area (Å²) in [5, 5.41) is 2.88. The molecule has 0 radical (unpaired) electrons. The molecular formula is C19H22F2N2O. The number of halogens is 2. The van der Waals surface area contributed by atoms with Gasteiger partial charge in [0.2, 0.25) is 5.91 Å². The summed E-state index contributed by atoms with van der Waals surface area (Å²) in [4.78, 5) is 16.8. The largest absolute Gasteiger partial charge is 0.355 e. The number of pyridine rings is 1. The lowest BCUT2D eigenvalue weighted by atomic mass is 9.94. The van der Waals surface area contributed by atoms with E-state index in [4.69, 9.17) is 0 Å². The van der Waals surface area contributed by atoms with Crippen molar-refractivity contribution in [1.29, 1.82) is 0 Å². The molecule has 5 heteroatoms. The summed E-state index contributed by atoms with van der Waals surface area (Å²) in [7, 11) is 0. The fraction of sp³-hybridized carbons (Fsp3) is 0.368. The Hall–Kier alpha value is -2.30. The fourth-order valence-electron chi connectivity index (χ4n) is 2.56. The number of rotatable bonds is 8. The molecule has 0 fully saturated rings. The van der Waals surface area contributed by atoms with E-state index >= 15 is 0 Å². The highest BCUT2D eigenvalue weighted by atomic mass is 19.2. The fourth-order valence-corrected chi connectivity index (χ4v) is 2.56. The summed E-state index contributed by atoms with van der Waals surface area (Å²) in [5.74, 6) is -2.91. The minimum Gasteiger partial charge on any atom is -0.355 e. The van der Waals surface area contributed by atoms with Crippen LogP contribution in [-0.4, -0.2) is 17.4 Å². The lowest BCUT2D eigenvalue weighted by Gasteiger charge is -2.17. The minimum atomic E-state index is -0.968. The summed E-state index contributed by atoms with van der Waals surface area (Å²) in [6.07, 6.45) is 5.78. The first-order chi connectivity index (χ1) is 11.6. The van der Waals surface area contributed by atoms with Crippen molar-refractivity contribution in [3.05, 3.63) is 65.5 Å². The highest BCUT2D eigenvalue weighted by Gasteiger charge is 2.24. The van der Waals surface area contributed by atoms with E-state index in [1.165, 1.54) is 6.07 Å². The predicted molar refractivity (Wildman–Crippen MR) is 89.6 cm³/mol. The molecule has 0 unspecified atom stereocenters. The summed E-state index contributed by atoms with van der Waals surface area (Å²) in [6, 6.07) is 8.75. The van der Waals surface area contributed by atoms with Crippen molar-refractivity contribution in [3.63, 3.8) is 0 Å². The molecule has 0 aliphatic heterocycles. The number of nitrogens with one attached hydrogen (secondary N) is 1. The van der Waals surface area contributed by atoms with Crippen LogP contribution in [0.5, 0.6) is 0 Å². The first-order valence-corrected chi connectivity index (χ1v) is 8.27. The second-order valence-electron chi connectivity index (χ2n) is 5.71. The number of carbonyl (C=O) groups is 1. The quantitative estimate of drug-likeness (QED) is 0.737. The smallest absolute Gasteiger partial charge is 0.233 e. The van der Waals surface area contributed by atoms with Gasteiger partial charge in [-0.05, 0) is 36.2 Å². The van der Waals surface area contributed by atoms with Crippen LogP contribution in [0, 0.1) is 11.6 Å². The third-order valence-corrected chi connectivity index (χ3v) is 3.85. The van der Waals surface area contributed by atoms with Gasteiger partial charge in [0.25, 0.3) is 0 Å². The number of benzene rings is 1. The first-order valence-electron chi connectivity index (χ1n) is 8.27. The molecule has 1 N–H and O–H groups in total. The Kier molecular flexibility index (Phi) is 6.85. The van der Waals surface area contributed by atoms with Gasteiger partial charge < -0.3 is 5.32 Å². The molecule has 1 amide bonds. The molecule has 0 saturated carbocycles. The molecule has 128 valence electrons. The third-order valence-electron chi connectivity index (χ3n) is 3.85. The summed E-state index contributed by atoms with van der Waals surface area (Å²) in [6.45, 7) is 2.69. The van der Waals surface area contributed by atoms with Gasteiger partial charge in [-0.1, -0.05) is 38.3 Å². The van der Waals surface area contributed by atoms with Crippen molar-refractivity contribution < 1.29 is 13.6 Å². The summed E-state index contributed by atoms with van der Waals surface area (Å²) >= 11 is 0.